The Morgan fingerprint density at radius 3 is 2.83 bits per heavy atom. The molecule has 0 radical (unpaired) electrons. The molecule has 0 aliphatic carbocycles. The number of imidazole rings is 1. The molecular formula is C16H19N3O4S. The zero-order valence-electron chi connectivity index (χ0n) is 13.5. The number of hydrogen-bond donors (Lipinski definition) is 2. The van der Waals surface area contributed by atoms with Crippen molar-refractivity contribution in [2.24, 2.45) is 0 Å². The Hall–Kier alpha value is -2.19. The largest absolute Gasteiger partial charge is 0.478 e. The molecule has 2 heterocycles. The molecule has 0 unspecified atom stereocenters. The first-order valence-corrected chi connectivity index (χ1v) is 9.13. The quantitative estimate of drug-likeness (QED) is 0.871. The molecule has 1 aliphatic heterocycles. The van der Waals surface area contributed by atoms with E-state index in [4.69, 9.17) is 5.11 Å². The van der Waals surface area contributed by atoms with Gasteiger partial charge in [-0.25, -0.2) is 22.9 Å². The molecule has 2 N–H and O–H groups in total. The number of nitrogens with one attached hydrogen (secondary N) is 1. The minimum Gasteiger partial charge on any atom is -0.478 e. The highest BCUT2D eigenvalue weighted by Gasteiger charge is 2.26. The van der Waals surface area contributed by atoms with Gasteiger partial charge in [-0.05, 0) is 38.0 Å². The minimum absolute atomic E-state index is 0.00552. The van der Waals surface area contributed by atoms with Crippen LogP contribution < -0.4 is 4.72 Å². The van der Waals surface area contributed by atoms with Gasteiger partial charge in [0.15, 0.2) is 0 Å². The lowest BCUT2D eigenvalue weighted by Gasteiger charge is -2.24. The average molecular weight is 349 g/mol. The number of aromatic nitrogens is 2. The second kappa shape index (κ2) is 6.03. The lowest BCUT2D eigenvalue weighted by molar-refractivity contribution is 0.0696. The molecule has 24 heavy (non-hydrogen) atoms. The van der Waals surface area contributed by atoms with Gasteiger partial charge in [0.2, 0.25) is 10.0 Å². The summed E-state index contributed by atoms with van der Waals surface area (Å²) >= 11 is 0. The van der Waals surface area contributed by atoms with E-state index in [0.717, 1.165) is 11.5 Å². The van der Waals surface area contributed by atoms with E-state index in [9.17, 15) is 13.2 Å². The van der Waals surface area contributed by atoms with Crippen LogP contribution in [-0.2, 0) is 23.0 Å². The van der Waals surface area contributed by atoms with E-state index in [1.165, 1.54) is 18.2 Å². The van der Waals surface area contributed by atoms with Gasteiger partial charge >= 0.3 is 5.97 Å². The molecule has 1 aromatic heterocycles. The van der Waals surface area contributed by atoms with Crippen molar-refractivity contribution in [2.75, 3.05) is 0 Å². The number of carbonyl (C=O) groups is 1. The van der Waals surface area contributed by atoms with Crippen LogP contribution in [0.5, 0.6) is 0 Å². The van der Waals surface area contributed by atoms with E-state index in [2.05, 4.69) is 9.71 Å². The molecule has 1 atom stereocenters. The van der Waals surface area contributed by atoms with Crippen LogP contribution in [0.4, 0.5) is 0 Å². The number of hydrogen-bond acceptors (Lipinski definition) is 4. The van der Waals surface area contributed by atoms with Crippen molar-refractivity contribution in [3.63, 3.8) is 0 Å². The Bertz CT molecular complexity index is 902. The summed E-state index contributed by atoms with van der Waals surface area (Å²) in [7, 11) is -3.78. The van der Waals surface area contributed by atoms with Gasteiger partial charge < -0.3 is 9.67 Å². The summed E-state index contributed by atoms with van der Waals surface area (Å²) in [6, 6.07) is 3.90. The second-order valence-corrected chi connectivity index (χ2v) is 7.80. The van der Waals surface area contributed by atoms with Crippen LogP contribution >= 0.6 is 0 Å². The molecule has 0 bridgehead atoms. The van der Waals surface area contributed by atoms with Crippen LogP contribution in [0.1, 0.15) is 33.9 Å². The number of rotatable bonds is 4. The lowest BCUT2D eigenvalue weighted by Crippen LogP contribution is -2.40. The highest BCUT2D eigenvalue weighted by molar-refractivity contribution is 7.89. The Morgan fingerprint density at radius 2 is 2.12 bits per heavy atom. The molecule has 0 amide bonds. The van der Waals surface area contributed by atoms with E-state index in [1.54, 1.807) is 6.92 Å². The molecule has 7 nitrogen and oxygen atoms in total. The fourth-order valence-corrected chi connectivity index (χ4v) is 4.26. The number of fused-ring (bicyclic) bond motifs is 1. The third-order valence-corrected chi connectivity index (χ3v) is 5.70. The molecule has 1 aliphatic rings. The first-order chi connectivity index (χ1) is 11.3. The smallest absolute Gasteiger partial charge is 0.335 e. The predicted octanol–water partition coefficient (Wildman–Crippen LogP) is 1.49. The molecule has 0 spiro atoms. The number of aromatic carboxylic acids is 1. The van der Waals surface area contributed by atoms with E-state index in [1.807, 2.05) is 17.7 Å². The number of nitrogens with zero attached hydrogens (tertiary/aromatic N) is 2. The van der Waals surface area contributed by atoms with Gasteiger partial charge in [0.1, 0.15) is 5.82 Å². The third-order valence-electron chi connectivity index (χ3n) is 4.18. The first-order valence-electron chi connectivity index (χ1n) is 7.65. The Kier molecular flexibility index (Phi) is 4.18. The number of carboxylic acids is 1. The van der Waals surface area contributed by atoms with Crippen LogP contribution in [0, 0.1) is 13.8 Å². The van der Waals surface area contributed by atoms with E-state index < -0.39 is 16.0 Å². The SMILES string of the molecule is Cc1cn2c(n1)CC[C@@H](NS(=O)(=O)c1ccc(C)c(C(=O)O)c1)C2. The van der Waals surface area contributed by atoms with Crippen molar-refractivity contribution in [1.29, 1.82) is 0 Å². The van der Waals surface area contributed by atoms with Gasteiger partial charge in [0, 0.05) is 25.2 Å². The fourth-order valence-electron chi connectivity index (χ4n) is 2.97. The minimum atomic E-state index is -3.78. The van der Waals surface area contributed by atoms with E-state index in [0.29, 0.717) is 24.9 Å². The molecular weight excluding hydrogens is 330 g/mol. The summed E-state index contributed by atoms with van der Waals surface area (Å²) in [5.74, 6) is -0.174. The summed E-state index contributed by atoms with van der Waals surface area (Å²) in [6.07, 6.45) is 3.27. The maximum absolute atomic E-state index is 12.6. The highest BCUT2D eigenvalue weighted by Crippen LogP contribution is 2.19. The summed E-state index contributed by atoms with van der Waals surface area (Å²) in [5, 5.41) is 9.16. The summed E-state index contributed by atoms with van der Waals surface area (Å²) in [6.45, 7) is 4.06. The first kappa shape index (κ1) is 16.7. The Labute approximate surface area is 140 Å². The molecule has 3 rings (SSSR count). The summed E-state index contributed by atoms with van der Waals surface area (Å²) < 4.78 is 29.8. The fraction of sp³-hybridized carbons (Fsp3) is 0.375. The van der Waals surface area contributed by atoms with Crippen molar-refractivity contribution in [3.8, 4) is 0 Å². The number of benzene rings is 1. The number of aryl methyl sites for hydroxylation is 3. The van der Waals surface area contributed by atoms with Crippen LogP contribution in [0.15, 0.2) is 29.3 Å². The maximum atomic E-state index is 12.6. The molecule has 8 heteroatoms. The molecule has 0 saturated carbocycles. The van der Waals surface area contributed by atoms with Gasteiger partial charge in [0.05, 0.1) is 16.2 Å². The van der Waals surface area contributed by atoms with Crippen LogP contribution in [-0.4, -0.2) is 35.1 Å². The molecule has 128 valence electrons. The Morgan fingerprint density at radius 1 is 1.38 bits per heavy atom. The molecule has 0 saturated heterocycles. The summed E-state index contributed by atoms with van der Waals surface area (Å²) in [5.41, 5.74) is 1.44. The zero-order chi connectivity index (χ0) is 17.5. The van der Waals surface area contributed by atoms with Gasteiger partial charge in [0.25, 0.3) is 0 Å². The number of sulfonamides is 1. The highest BCUT2D eigenvalue weighted by atomic mass is 32.2. The molecule has 1 aromatic carbocycles. The maximum Gasteiger partial charge on any atom is 0.335 e. The van der Waals surface area contributed by atoms with E-state index in [-0.39, 0.29) is 16.5 Å². The van der Waals surface area contributed by atoms with Crippen LogP contribution in [0.3, 0.4) is 0 Å². The topological polar surface area (TPSA) is 101 Å². The van der Waals surface area contributed by atoms with Gasteiger partial charge in [-0.2, -0.15) is 0 Å². The third kappa shape index (κ3) is 3.20. The predicted molar refractivity (Wildman–Crippen MR) is 87.5 cm³/mol. The van der Waals surface area contributed by atoms with Gasteiger partial charge in [-0.15, -0.1) is 0 Å². The summed E-state index contributed by atoms with van der Waals surface area (Å²) in [4.78, 5) is 15.6. The van der Waals surface area contributed by atoms with Gasteiger partial charge in [-0.1, -0.05) is 6.07 Å². The standard InChI is InChI=1S/C16H19N3O4S/c1-10-3-5-13(7-14(10)16(20)21)24(22,23)18-12-4-6-15-17-11(2)8-19(15)9-12/h3,5,7-8,12,18H,4,6,9H2,1-2H3,(H,20,21)/t12-/m1/s1. The monoisotopic (exact) mass is 349 g/mol. The van der Waals surface area contributed by atoms with Crippen molar-refractivity contribution >= 4 is 16.0 Å². The van der Waals surface area contributed by atoms with Crippen molar-refractivity contribution in [2.45, 2.75) is 44.2 Å². The van der Waals surface area contributed by atoms with Crippen molar-refractivity contribution < 1.29 is 18.3 Å². The van der Waals surface area contributed by atoms with Crippen LogP contribution in [0.25, 0.3) is 0 Å². The average Bonchev–Trinajstić information content (AvgIpc) is 2.86. The number of carboxylic acid groups (broad SMARTS) is 1. The van der Waals surface area contributed by atoms with Crippen molar-refractivity contribution in [3.05, 3.63) is 47.0 Å². The second-order valence-electron chi connectivity index (χ2n) is 6.09. The molecule has 2 aromatic rings. The van der Waals surface area contributed by atoms with Crippen LogP contribution in [0.2, 0.25) is 0 Å². The lowest BCUT2D eigenvalue weighted by atomic mass is 10.1. The molecule has 0 fully saturated rings. The van der Waals surface area contributed by atoms with E-state index >= 15 is 0 Å². The normalized spacial score (nSPS) is 17.5. The van der Waals surface area contributed by atoms with Crippen molar-refractivity contribution in [1.82, 2.24) is 14.3 Å². The zero-order valence-corrected chi connectivity index (χ0v) is 14.3. The Balaban J connectivity index is 1.82. The van der Waals surface area contributed by atoms with Gasteiger partial charge in [-0.3, -0.25) is 0 Å².